The minimum absolute atomic E-state index is 0.0565. The van der Waals surface area contributed by atoms with Gasteiger partial charge < -0.3 is 19.9 Å². The van der Waals surface area contributed by atoms with Gasteiger partial charge >= 0.3 is 0 Å². The molecule has 29 heavy (non-hydrogen) atoms. The molecule has 2 aliphatic rings. The van der Waals surface area contributed by atoms with Crippen molar-refractivity contribution in [3.05, 3.63) is 29.8 Å². The summed E-state index contributed by atoms with van der Waals surface area (Å²) in [6.07, 6.45) is 7.26. The summed E-state index contributed by atoms with van der Waals surface area (Å²) in [4.78, 5) is 29.5. The van der Waals surface area contributed by atoms with E-state index in [0.717, 1.165) is 24.3 Å². The van der Waals surface area contributed by atoms with Crippen molar-refractivity contribution < 1.29 is 14.3 Å². The lowest BCUT2D eigenvalue weighted by Gasteiger charge is -2.38. The first-order chi connectivity index (χ1) is 14.1. The molecule has 2 heterocycles. The van der Waals surface area contributed by atoms with Gasteiger partial charge in [-0.3, -0.25) is 9.59 Å². The van der Waals surface area contributed by atoms with E-state index in [0.29, 0.717) is 19.4 Å². The fraction of sp³-hybridized carbons (Fsp3) is 0.652. The average molecular weight is 402 g/mol. The van der Waals surface area contributed by atoms with Crippen LogP contribution in [0.25, 0.3) is 0 Å². The van der Waals surface area contributed by atoms with Gasteiger partial charge in [-0.1, -0.05) is 25.0 Å². The van der Waals surface area contributed by atoms with Crippen LogP contribution in [0.4, 0.5) is 0 Å². The van der Waals surface area contributed by atoms with Gasteiger partial charge in [-0.25, -0.2) is 0 Å². The number of nitrogens with zero attached hydrogens (tertiary/aromatic N) is 2. The minimum Gasteiger partial charge on any atom is -0.497 e. The number of rotatable bonds is 7. The van der Waals surface area contributed by atoms with Crippen molar-refractivity contribution in [3.63, 3.8) is 0 Å². The van der Waals surface area contributed by atoms with Crippen LogP contribution in [0.3, 0.4) is 0 Å². The summed E-state index contributed by atoms with van der Waals surface area (Å²) < 4.78 is 5.24. The van der Waals surface area contributed by atoms with Crippen molar-refractivity contribution in [2.24, 2.45) is 5.92 Å². The molecule has 0 radical (unpaired) electrons. The lowest BCUT2D eigenvalue weighted by atomic mass is 9.84. The van der Waals surface area contributed by atoms with E-state index < -0.39 is 0 Å². The summed E-state index contributed by atoms with van der Waals surface area (Å²) in [6.45, 7) is 4.11. The van der Waals surface area contributed by atoms with Crippen molar-refractivity contribution >= 4 is 11.8 Å². The molecule has 3 rings (SSSR count). The molecule has 1 N–H and O–H groups in total. The number of methoxy groups -OCH3 is 1. The Morgan fingerprint density at radius 3 is 2.48 bits per heavy atom. The van der Waals surface area contributed by atoms with Gasteiger partial charge in [-0.15, -0.1) is 0 Å². The first-order valence-electron chi connectivity index (χ1n) is 11.0. The zero-order valence-corrected chi connectivity index (χ0v) is 17.9. The smallest absolute Gasteiger partial charge is 0.225 e. The summed E-state index contributed by atoms with van der Waals surface area (Å²) in [6, 6.07) is 7.46. The molecule has 0 aromatic heterocycles. The highest BCUT2D eigenvalue weighted by molar-refractivity contribution is 5.84. The molecular weight excluding hydrogens is 366 g/mol. The molecule has 2 amide bonds. The average Bonchev–Trinajstić information content (AvgIpc) is 3.02. The normalized spacial score (nSPS) is 23.5. The summed E-state index contributed by atoms with van der Waals surface area (Å²) >= 11 is 0. The van der Waals surface area contributed by atoms with Crippen molar-refractivity contribution in [3.8, 4) is 5.75 Å². The van der Waals surface area contributed by atoms with Crippen LogP contribution < -0.4 is 10.1 Å². The van der Waals surface area contributed by atoms with Gasteiger partial charge in [0.15, 0.2) is 0 Å². The van der Waals surface area contributed by atoms with E-state index >= 15 is 0 Å². The standard InChI is InChI=1S/C23H35N3O3/c1-25-21(27)13-12-20(22(25)18-8-10-19(29-2)11-9-18)23(28)24-14-7-17-26-15-5-3-4-6-16-26/h8-11,20,22H,3-7,12-17H2,1-2H3,(H,24,28). The van der Waals surface area contributed by atoms with Crippen LogP contribution in [0.15, 0.2) is 24.3 Å². The SMILES string of the molecule is COc1ccc(C2C(C(=O)NCCCN3CCCCCC3)CCC(=O)N2C)cc1. The van der Waals surface area contributed by atoms with E-state index in [2.05, 4.69) is 10.2 Å². The van der Waals surface area contributed by atoms with E-state index in [9.17, 15) is 9.59 Å². The van der Waals surface area contributed by atoms with E-state index in [1.807, 2.05) is 24.3 Å². The number of hydrogen-bond donors (Lipinski definition) is 1. The number of amides is 2. The molecule has 0 aliphatic carbocycles. The van der Waals surface area contributed by atoms with Gasteiger partial charge in [-0.05, 0) is 63.0 Å². The van der Waals surface area contributed by atoms with Gasteiger partial charge in [-0.2, -0.15) is 0 Å². The van der Waals surface area contributed by atoms with Crippen LogP contribution in [0.1, 0.15) is 56.6 Å². The topological polar surface area (TPSA) is 61.9 Å². The Bertz CT molecular complexity index is 668. The highest BCUT2D eigenvalue weighted by Gasteiger charge is 2.38. The van der Waals surface area contributed by atoms with Gasteiger partial charge in [0.25, 0.3) is 0 Å². The predicted molar refractivity (Wildman–Crippen MR) is 114 cm³/mol. The first-order valence-corrected chi connectivity index (χ1v) is 11.0. The highest BCUT2D eigenvalue weighted by Crippen LogP contribution is 2.36. The number of carbonyl (C=O) groups excluding carboxylic acids is 2. The van der Waals surface area contributed by atoms with Crippen LogP contribution in [-0.2, 0) is 9.59 Å². The summed E-state index contributed by atoms with van der Waals surface area (Å²) in [5, 5.41) is 3.14. The van der Waals surface area contributed by atoms with Crippen LogP contribution in [0.2, 0.25) is 0 Å². The maximum absolute atomic E-state index is 13.0. The predicted octanol–water partition coefficient (Wildman–Crippen LogP) is 2.99. The molecule has 6 heteroatoms. The molecule has 2 aliphatic heterocycles. The molecule has 2 unspecified atom stereocenters. The summed E-state index contributed by atoms with van der Waals surface area (Å²) in [5.74, 6) is 0.703. The Balaban J connectivity index is 1.56. The van der Waals surface area contributed by atoms with E-state index in [1.54, 1.807) is 19.1 Å². The third-order valence-corrected chi connectivity index (χ3v) is 6.30. The van der Waals surface area contributed by atoms with E-state index in [4.69, 9.17) is 4.74 Å². The summed E-state index contributed by atoms with van der Waals surface area (Å²) in [7, 11) is 3.43. The Labute approximate surface area is 174 Å². The van der Waals surface area contributed by atoms with Gasteiger partial charge in [0.1, 0.15) is 5.75 Å². The van der Waals surface area contributed by atoms with Crippen molar-refractivity contribution in [2.75, 3.05) is 40.3 Å². The van der Waals surface area contributed by atoms with Gasteiger partial charge in [0.2, 0.25) is 11.8 Å². The molecule has 2 atom stereocenters. The fourth-order valence-corrected chi connectivity index (χ4v) is 4.57. The molecule has 2 saturated heterocycles. The van der Waals surface area contributed by atoms with Gasteiger partial charge in [0, 0.05) is 20.0 Å². The Morgan fingerprint density at radius 1 is 1.14 bits per heavy atom. The number of carbonyl (C=O) groups is 2. The molecule has 0 spiro atoms. The van der Waals surface area contributed by atoms with Crippen molar-refractivity contribution in [1.82, 2.24) is 15.1 Å². The van der Waals surface area contributed by atoms with Crippen molar-refractivity contribution in [2.45, 2.75) is 51.0 Å². The number of hydrogen-bond acceptors (Lipinski definition) is 4. The number of ether oxygens (including phenoxy) is 1. The monoisotopic (exact) mass is 401 g/mol. The Kier molecular flexibility index (Phi) is 7.92. The number of benzene rings is 1. The molecule has 2 fully saturated rings. The van der Waals surface area contributed by atoms with Crippen LogP contribution >= 0.6 is 0 Å². The largest absolute Gasteiger partial charge is 0.497 e. The second-order valence-electron chi connectivity index (χ2n) is 8.27. The van der Waals surface area contributed by atoms with Gasteiger partial charge in [0.05, 0.1) is 19.1 Å². The van der Waals surface area contributed by atoms with E-state index in [-0.39, 0.29) is 23.8 Å². The second-order valence-corrected chi connectivity index (χ2v) is 8.27. The lowest BCUT2D eigenvalue weighted by molar-refractivity contribution is -0.141. The molecule has 6 nitrogen and oxygen atoms in total. The Morgan fingerprint density at radius 2 is 1.83 bits per heavy atom. The third kappa shape index (κ3) is 5.72. The second kappa shape index (κ2) is 10.6. The molecule has 0 bridgehead atoms. The van der Waals surface area contributed by atoms with Crippen LogP contribution in [0, 0.1) is 5.92 Å². The number of nitrogens with one attached hydrogen (secondary N) is 1. The van der Waals surface area contributed by atoms with Crippen LogP contribution in [0.5, 0.6) is 5.75 Å². The zero-order chi connectivity index (χ0) is 20.6. The number of piperidine rings is 1. The zero-order valence-electron chi connectivity index (χ0n) is 17.9. The molecule has 1 aromatic carbocycles. The molecule has 1 aromatic rings. The number of likely N-dealkylation sites (tertiary alicyclic amines) is 2. The fourth-order valence-electron chi connectivity index (χ4n) is 4.57. The van der Waals surface area contributed by atoms with Crippen LogP contribution in [-0.4, -0.2) is 62.0 Å². The third-order valence-electron chi connectivity index (χ3n) is 6.30. The summed E-state index contributed by atoms with van der Waals surface area (Å²) in [5.41, 5.74) is 0.978. The maximum atomic E-state index is 13.0. The minimum atomic E-state index is -0.229. The maximum Gasteiger partial charge on any atom is 0.225 e. The molecule has 0 saturated carbocycles. The van der Waals surface area contributed by atoms with Crippen molar-refractivity contribution in [1.29, 1.82) is 0 Å². The first kappa shape index (κ1) is 21.6. The highest BCUT2D eigenvalue weighted by atomic mass is 16.5. The molecular formula is C23H35N3O3. The quantitative estimate of drug-likeness (QED) is 0.714. The molecule has 160 valence electrons. The lowest BCUT2D eigenvalue weighted by Crippen LogP contribution is -2.46. The Hall–Kier alpha value is -2.08. The van der Waals surface area contributed by atoms with E-state index in [1.165, 1.54) is 38.8 Å².